The number of anilines is 1. The zero-order valence-electron chi connectivity index (χ0n) is 12.4. The summed E-state index contributed by atoms with van der Waals surface area (Å²) in [5.74, 6) is -3.72. The first-order valence-electron chi connectivity index (χ1n) is 7.03. The maximum atomic E-state index is 12.4. The summed E-state index contributed by atoms with van der Waals surface area (Å²) in [4.78, 5) is 35.3. The normalized spacial score (nSPS) is 25.6. The SMILES string of the molecule is C=C1C=CC=C2OC(=O)C(=O)C(NNc3ccccc3)([N+](=O)[O-])C12. The van der Waals surface area contributed by atoms with Crippen LogP contribution in [0.4, 0.5) is 5.69 Å². The van der Waals surface area contributed by atoms with Gasteiger partial charge >= 0.3 is 17.4 Å². The second-order valence-electron chi connectivity index (χ2n) is 5.29. The van der Waals surface area contributed by atoms with Gasteiger partial charge in [0.15, 0.2) is 0 Å². The number of fused-ring (bicyclic) bond motifs is 1. The molecule has 0 aromatic heterocycles. The van der Waals surface area contributed by atoms with E-state index in [2.05, 4.69) is 17.4 Å². The smallest absolute Gasteiger partial charge is 0.389 e. The summed E-state index contributed by atoms with van der Waals surface area (Å²) in [6.07, 6.45) is 4.49. The van der Waals surface area contributed by atoms with Crippen LogP contribution >= 0.6 is 0 Å². The van der Waals surface area contributed by atoms with Crippen LogP contribution in [0.5, 0.6) is 0 Å². The number of ketones is 1. The third kappa shape index (κ3) is 2.29. The van der Waals surface area contributed by atoms with Crippen LogP contribution in [-0.2, 0) is 14.3 Å². The van der Waals surface area contributed by atoms with Crippen molar-refractivity contribution >= 4 is 17.4 Å². The standard InChI is InChI=1S/C16H13N3O5/c1-10-6-5-9-12-13(10)16(19(22)23,14(20)15(21)24-12)18-17-11-7-3-2-4-8-11/h2-9,13,17-18H,1H2. The Bertz CT molecular complexity index is 799. The minimum absolute atomic E-state index is 0.00571. The molecule has 1 aromatic rings. The Morgan fingerprint density at radius 1 is 1.25 bits per heavy atom. The van der Waals surface area contributed by atoms with Crippen LogP contribution in [0, 0.1) is 16.0 Å². The molecule has 2 aliphatic rings. The number of para-hydroxylation sites is 1. The predicted molar refractivity (Wildman–Crippen MR) is 83.9 cm³/mol. The highest BCUT2D eigenvalue weighted by Crippen LogP contribution is 2.39. The van der Waals surface area contributed by atoms with Crippen molar-refractivity contribution < 1.29 is 19.2 Å². The molecule has 24 heavy (non-hydrogen) atoms. The molecule has 0 spiro atoms. The molecule has 1 fully saturated rings. The molecule has 0 saturated carbocycles. The zero-order chi connectivity index (χ0) is 17.3. The molecule has 2 atom stereocenters. The van der Waals surface area contributed by atoms with Gasteiger partial charge in [0.1, 0.15) is 11.7 Å². The lowest BCUT2D eigenvalue weighted by molar-refractivity contribution is -0.566. The second kappa shape index (κ2) is 5.74. The topological polar surface area (TPSA) is 111 Å². The highest BCUT2D eigenvalue weighted by atomic mass is 16.6. The van der Waals surface area contributed by atoms with Gasteiger partial charge in [0.2, 0.25) is 0 Å². The third-order valence-electron chi connectivity index (χ3n) is 3.85. The van der Waals surface area contributed by atoms with Gasteiger partial charge in [-0.3, -0.25) is 14.9 Å². The van der Waals surface area contributed by atoms with Gasteiger partial charge in [0.25, 0.3) is 0 Å². The molecule has 3 rings (SSSR count). The summed E-state index contributed by atoms with van der Waals surface area (Å²) in [5, 5.41) is 11.8. The highest BCUT2D eigenvalue weighted by Gasteiger charge is 2.66. The van der Waals surface area contributed by atoms with E-state index in [0.717, 1.165) is 0 Å². The molecule has 1 aromatic carbocycles. The van der Waals surface area contributed by atoms with Crippen molar-refractivity contribution in [2.45, 2.75) is 5.66 Å². The predicted octanol–water partition coefficient (Wildman–Crippen LogP) is 1.33. The number of rotatable bonds is 4. The number of hydrogen-bond acceptors (Lipinski definition) is 7. The summed E-state index contributed by atoms with van der Waals surface area (Å²) in [5.41, 5.74) is 3.39. The Labute approximate surface area is 136 Å². The lowest BCUT2D eigenvalue weighted by Crippen LogP contribution is -2.69. The zero-order valence-corrected chi connectivity index (χ0v) is 12.4. The minimum Gasteiger partial charge on any atom is -0.424 e. The van der Waals surface area contributed by atoms with Crippen molar-refractivity contribution in [1.82, 2.24) is 5.43 Å². The maximum Gasteiger partial charge on any atom is 0.389 e. The number of nitro groups is 1. The largest absolute Gasteiger partial charge is 0.424 e. The molecule has 8 heteroatoms. The van der Waals surface area contributed by atoms with Crippen LogP contribution in [0.3, 0.4) is 0 Å². The Morgan fingerprint density at radius 3 is 2.62 bits per heavy atom. The number of esters is 1. The number of ether oxygens (including phenoxy) is 1. The van der Waals surface area contributed by atoms with E-state index in [1.165, 1.54) is 12.2 Å². The number of benzene rings is 1. The van der Waals surface area contributed by atoms with Gasteiger partial charge in [-0.25, -0.2) is 4.79 Å². The summed E-state index contributed by atoms with van der Waals surface area (Å²) in [7, 11) is 0. The van der Waals surface area contributed by atoms with E-state index in [-0.39, 0.29) is 11.3 Å². The first-order valence-corrected chi connectivity index (χ1v) is 7.03. The maximum absolute atomic E-state index is 12.4. The van der Waals surface area contributed by atoms with E-state index in [1.807, 2.05) is 0 Å². The average Bonchev–Trinajstić information content (AvgIpc) is 2.56. The van der Waals surface area contributed by atoms with Gasteiger partial charge < -0.3 is 10.2 Å². The first-order chi connectivity index (χ1) is 11.5. The van der Waals surface area contributed by atoms with Crippen molar-refractivity contribution in [2.75, 3.05) is 5.43 Å². The Hall–Kier alpha value is -3.26. The number of hydrogen-bond donors (Lipinski definition) is 2. The Balaban J connectivity index is 2.04. The number of carbonyl (C=O) groups excluding carboxylic acids is 2. The van der Waals surface area contributed by atoms with E-state index in [1.54, 1.807) is 36.4 Å². The monoisotopic (exact) mass is 327 g/mol. The van der Waals surface area contributed by atoms with E-state index >= 15 is 0 Å². The molecular weight excluding hydrogens is 314 g/mol. The first kappa shape index (κ1) is 15.6. The highest BCUT2D eigenvalue weighted by molar-refractivity contribution is 6.38. The van der Waals surface area contributed by atoms with Crippen molar-refractivity contribution in [3.05, 3.63) is 76.6 Å². The van der Waals surface area contributed by atoms with Crippen LogP contribution in [0.2, 0.25) is 0 Å². The molecule has 1 aliphatic heterocycles. The van der Waals surface area contributed by atoms with Gasteiger partial charge in [-0.05, 0) is 23.8 Å². The van der Waals surface area contributed by atoms with Gasteiger partial charge in [-0.1, -0.05) is 36.9 Å². The lowest BCUT2D eigenvalue weighted by Gasteiger charge is -2.37. The van der Waals surface area contributed by atoms with Gasteiger partial charge in [-0.15, -0.1) is 0 Å². The van der Waals surface area contributed by atoms with E-state index in [4.69, 9.17) is 4.74 Å². The van der Waals surface area contributed by atoms with Crippen molar-refractivity contribution in [1.29, 1.82) is 0 Å². The fraction of sp³-hybridized carbons (Fsp3) is 0.125. The average molecular weight is 327 g/mol. The van der Waals surface area contributed by atoms with Gasteiger partial charge in [0.05, 0.1) is 4.92 Å². The molecule has 1 aliphatic carbocycles. The van der Waals surface area contributed by atoms with E-state index < -0.39 is 28.3 Å². The number of allylic oxidation sites excluding steroid dienone is 3. The summed E-state index contributed by atoms with van der Waals surface area (Å²) in [6, 6.07) is 8.50. The molecule has 0 amide bonds. The molecule has 1 heterocycles. The lowest BCUT2D eigenvalue weighted by atomic mass is 9.78. The molecule has 0 bridgehead atoms. The summed E-state index contributed by atoms with van der Waals surface area (Å²) >= 11 is 0. The Kier molecular flexibility index (Phi) is 3.74. The second-order valence-corrected chi connectivity index (χ2v) is 5.29. The fourth-order valence-electron chi connectivity index (χ4n) is 2.70. The summed E-state index contributed by atoms with van der Waals surface area (Å²) in [6.45, 7) is 3.75. The van der Waals surface area contributed by atoms with Crippen LogP contribution in [-0.4, -0.2) is 22.3 Å². The number of nitrogens with one attached hydrogen (secondary N) is 2. The van der Waals surface area contributed by atoms with E-state index in [9.17, 15) is 19.7 Å². The molecule has 2 N–H and O–H groups in total. The molecule has 1 saturated heterocycles. The number of Topliss-reactive ketones (excluding diaryl/α,β-unsaturated/α-hetero) is 1. The van der Waals surface area contributed by atoms with Crippen LogP contribution in [0.15, 0.2) is 66.5 Å². The molecule has 8 nitrogen and oxygen atoms in total. The molecular formula is C16H13N3O5. The summed E-state index contributed by atoms with van der Waals surface area (Å²) < 4.78 is 4.92. The molecule has 0 radical (unpaired) electrons. The van der Waals surface area contributed by atoms with Crippen molar-refractivity contribution in [2.24, 2.45) is 5.92 Å². The molecule has 2 unspecified atom stereocenters. The number of carbonyl (C=O) groups is 2. The van der Waals surface area contributed by atoms with Crippen molar-refractivity contribution in [3.63, 3.8) is 0 Å². The van der Waals surface area contributed by atoms with Gasteiger partial charge in [0, 0.05) is 5.69 Å². The Morgan fingerprint density at radius 2 is 1.96 bits per heavy atom. The van der Waals surface area contributed by atoms with Crippen LogP contribution in [0.1, 0.15) is 0 Å². The van der Waals surface area contributed by atoms with Crippen molar-refractivity contribution in [3.8, 4) is 0 Å². The van der Waals surface area contributed by atoms with Crippen LogP contribution < -0.4 is 10.9 Å². The van der Waals surface area contributed by atoms with Crippen LogP contribution in [0.25, 0.3) is 0 Å². The molecule has 122 valence electrons. The fourth-order valence-corrected chi connectivity index (χ4v) is 2.70. The minimum atomic E-state index is -2.45. The number of nitrogens with zero attached hydrogens (tertiary/aromatic N) is 1. The van der Waals surface area contributed by atoms with E-state index in [0.29, 0.717) is 5.69 Å². The number of hydrazine groups is 1. The van der Waals surface area contributed by atoms with Gasteiger partial charge in [-0.2, -0.15) is 5.43 Å². The third-order valence-corrected chi connectivity index (χ3v) is 3.85. The quantitative estimate of drug-likeness (QED) is 0.282.